The van der Waals surface area contributed by atoms with E-state index in [1.807, 2.05) is 0 Å². The summed E-state index contributed by atoms with van der Waals surface area (Å²) in [7, 11) is 0. The van der Waals surface area contributed by atoms with Gasteiger partial charge in [-0.2, -0.15) is 10.5 Å². The van der Waals surface area contributed by atoms with E-state index in [0.717, 1.165) is 5.92 Å². The third-order valence-electron chi connectivity index (χ3n) is 3.87. The summed E-state index contributed by atoms with van der Waals surface area (Å²) in [6.07, 6.45) is 10.2. The molecule has 0 N–H and O–H groups in total. The van der Waals surface area contributed by atoms with E-state index in [4.69, 9.17) is 10.5 Å². The predicted molar refractivity (Wildman–Crippen MR) is 91.6 cm³/mol. The van der Waals surface area contributed by atoms with Crippen molar-refractivity contribution in [1.29, 1.82) is 10.5 Å². The van der Waals surface area contributed by atoms with Gasteiger partial charge in [-0.05, 0) is 36.2 Å². The molecule has 0 radical (unpaired) electrons. The first-order valence-electron chi connectivity index (χ1n) is 7.69. The maximum atomic E-state index is 7.76. The van der Waals surface area contributed by atoms with Gasteiger partial charge in [0.2, 0.25) is 0 Å². The summed E-state index contributed by atoms with van der Waals surface area (Å²) in [5.74, 6) is 0.781. The first kappa shape index (κ1) is 17.7. The Morgan fingerprint density at radius 2 is 1.86 bits per heavy atom. The maximum absolute atomic E-state index is 7.76. The van der Waals surface area contributed by atoms with Gasteiger partial charge >= 0.3 is 0 Å². The van der Waals surface area contributed by atoms with Gasteiger partial charge in [0.1, 0.15) is 17.7 Å². The Bertz CT molecular complexity index is 566. The third kappa shape index (κ3) is 6.91. The van der Waals surface area contributed by atoms with Crippen LogP contribution in [0.3, 0.4) is 0 Å². The fourth-order valence-corrected chi connectivity index (χ4v) is 2.76. The Morgan fingerprint density at radius 1 is 1.23 bits per heavy atom. The molecule has 1 aromatic carbocycles. The molecule has 0 saturated heterocycles. The molecule has 2 nitrogen and oxygen atoms in total. The average Bonchev–Trinajstić information content (AvgIpc) is 2.53. The predicted octanol–water partition coefficient (Wildman–Crippen LogP) is 5.51. The summed E-state index contributed by atoms with van der Waals surface area (Å²) < 4.78 is 0. The smallest absolute Gasteiger partial charge is 0.122 e. The normalized spacial score (nSPS) is 19.4. The molecular weight excluding hydrogens is 268 g/mol. The Hall–Kier alpha value is -2.32. The number of hydrogen-bond donors (Lipinski definition) is 0. The number of benzene rings is 1. The Balaban J connectivity index is 0.000000346. The number of allylic oxidation sites excluding steroid dienone is 2. The van der Waals surface area contributed by atoms with Gasteiger partial charge in [0.05, 0.1) is 0 Å². The zero-order valence-corrected chi connectivity index (χ0v) is 13.5. The lowest BCUT2D eigenvalue weighted by molar-refractivity contribution is 0.207. The third-order valence-corrected chi connectivity index (χ3v) is 3.87. The molecule has 0 aromatic heterocycles. The van der Waals surface area contributed by atoms with Crippen molar-refractivity contribution in [2.45, 2.75) is 39.5 Å². The number of hydrogen-bond acceptors (Lipinski definition) is 2. The van der Waals surface area contributed by atoms with Crippen LogP contribution in [0.2, 0.25) is 0 Å². The molecule has 0 aliphatic heterocycles. The highest BCUT2D eigenvalue weighted by Crippen LogP contribution is 2.39. The van der Waals surface area contributed by atoms with E-state index >= 15 is 0 Å². The fourth-order valence-electron chi connectivity index (χ4n) is 2.76. The summed E-state index contributed by atoms with van der Waals surface area (Å²) >= 11 is 0. The second-order valence-electron chi connectivity index (χ2n) is 6.49. The first-order valence-corrected chi connectivity index (χ1v) is 7.69. The fraction of sp³-hybridized carbons (Fsp3) is 0.400. The molecule has 0 amide bonds. The lowest BCUT2D eigenvalue weighted by Gasteiger charge is -2.33. The molecule has 1 aliphatic rings. The van der Waals surface area contributed by atoms with E-state index in [2.05, 4.69) is 62.9 Å². The van der Waals surface area contributed by atoms with Crippen molar-refractivity contribution in [2.75, 3.05) is 0 Å². The highest BCUT2D eigenvalue weighted by molar-refractivity contribution is 5.49. The van der Waals surface area contributed by atoms with Crippen LogP contribution >= 0.6 is 0 Å². The van der Waals surface area contributed by atoms with Crippen LogP contribution in [0.5, 0.6) is 0 Å². The Labute approximate surface area is 134 Å². The Morgan fingerprint density at radius 3 is 2.36 bits per heavy atom. The van der Waals surface area contributed by atoms with Crippen molar-refractivity contribution < 1.29 is 0 Å². The van der Waals surface area contributed by atoms with Crippen molar-refractivity contribution >= 4 is 6.08 Å². The molecule has 1 fully saturated rings. The van der Waals surface area contributed by atoms with Crippen molar-refractivity contribution in [2.24, 2.45) is 11.3 Å². The lowest BCUT2D eigenvalue weighted by atomic mass is 9.72. The Kier molecular flexibility index (Phi) is 7.14. The molecule has 1 saturated carbocycles. The number of rotatable bonds is 2. The molecule has 1 aromatic rings. The molecule has 0 heterocycles. The van der Waals surface area contributed by atoms with Gasteiger partial charge < -0.3 is 0 Å². The summed E-state index contributed by atoms with van der Waals surface area (Å²) in [5, 5.41) is 15.5. The zero-order valence-electron chi connectivity index (χ0n) is 13.5. The molecule has 2 rings (SSSR count). The minimum absolute atomic E-state index is 0.0463. The van der Waals surface area contributed by atoms with Gasteiger partial charge in [-0.3, -0.25) is 0 Å². The standard InChI is InChI=1S/C16H22.C4H2N2/c1-16(2)12-6-9-15(13-16)11-10-14-7-4-3-5-8-14;1-4(2-5)3-6/h3-5,7-8,10-11,15H,6,9,12-13H2,1-2H3;1H2. The monoisotopic (exact) mass is 292 g/mol. The second kappa shape index (κ2) is 8.85. The number of nitriles is 2. The van der Waals surface area contributed by atoms with Gasteiger partial charge in [-0.25, -0.2) is 0 Å². The highest BCUT2D eigenvalue weighted by atomic mass is 14.3. The SMILES string of the molecule is C=C(C#N)C#N.CC1(C)CCCC(C=Cc2ccccc2)C1. The second-order valence-corrected chi connectivity index (χ2v) is 6.49. The van der Waals surface area contributed by atoms with Gasteiger partial charge in [-0.1, -0.05) is 69.3 Å². The van der Waals surface area contributed by atoms with E-state index in [9.17, 15) is 0 Å². The topological polar surface area (TPSA) is 47.6 Å². The van der Waals surface area contributed by atoms with Gasteiger partial charge in [-0.15, -0.1) is 0 Å². The van der Waals surface area contributed by atoms with Crippen molar-refractivity contribution in [1.82, 2.24) is 0 Å². The van der Waals surface area contributed by atoms with Crippen molar-refractivity contribution in [3.8, 4) is 12.1 Å². The molecule has 0 spiro atoms. The van der Waals surface area contributed by atoms with E-state index in [1.54, 1.807) is 12.1 Å². The van der Waals surface area contributed by atoms with E-state index < -0.39 is 0 Å². The summed E-state index contributed by atoms with van der Waals surface area (Å²) in [5.41, 5.74) is 1.82. The maximum Gasteiger partial charge on any atom is 0.122 e. The molecule has 1 unspecified atom stereocenters. The average molecular weight is 292 g/mol. The van der Waals surface area contributed by atoms with Crippen LogP contribution in [0.15, 0.2) is 48.6 Å². The van der Waals surface area contributed by atoms with Crippen LogP contribution in [-0.2, 0) is 0 Å². The van der Waals surface area contributed by atoms with Crippen LogP contribution in [0.25, 0.3) is 6.08 Å². The molecule has 2 heteroatoms. The quantitative estimate of drug-likeness (QED) is 0.675. The molecule has 22 heavy (non-hydrogen) atoms. The minimum atomic E-state index is -0.0463. The van der Waals surface area contributed by atoms with Crippen LogP contribution < -0.4 is 0 Å². The molecule has 1 aliphatic carbocycles. The highest BCUT2D eigenvalue weighted by Gasteiger charge is 2.26. The van der Waals surface area contributed by atoms with Crippen LogP contribution in [-0.4, -0.2) is 0 Å². The van der Waals surface area contributed by atoms with Crippen molar-refractivity contribution in [3.63, 3.8) is 0 Å². The molecular formula is C20H24N2. The van der Waals surface area contributed by atoms with Crippen LogP contribution in [0.4, 0.5) is 0 Å². The van der Waals surface area contributed by atoms with Crippen LogP contribution in [0, 0.1) is 34.0 Å². The molecule has 0 bridgehead atoms. The summed E-state index contributed by atoms with van der Waals surface area (Å²) in [4.78, 5) is 0. The molecule has 1 atom stereocenters. The zero-order chi connectivity index (χ0) is 16.4. The van der Waals surface area contributed by atoms with Gasteiger partial charge in [0.25, 0.3) is 0 Å². The largest absolute Gasteiger partial charge is 0.192 e. The summed E-state index contributed by atoms with van der Waals surface area (Å²) in [6.45, 7) is 7.87. The number of nitrogens with zero attached hydrogens (tertiary/aromatic N) is 2. The van der Waals surface area contributed by atoms with Crippen molar-refractivity contribution in [3.05, 3.63) is 54.1 Å². The molecule has 114 valence electrons. The van der Waals surface area contributed by atoms with E-state index in [1.165, 1.54) is 31.2 Å². The lowest BCUT2D eigenvalue weighted by Crippen LogP contribution is -2.21. The van der Waals surface area contributed by atoms with Gasteiger partial charge in [0.15, 0.2) is 0 Å². The van der Waals surface area contributed by atoms with Crippen LogP contribution in [0.1, 0.15) is 45.1 Å². The minimum Gasteiger partial charge on any atom is -0.192 e. The van der Waals surface area contributed by atoms with E-state index in [-0.39, 0.29) is 5.57 Å². The first-order chi connectivity index (χ1) is 10.5. The van der Waals surface area contributed by atoms with E-state index in [0.29, 0.717) is 5.41 Å². The summed E-state index contributed by atoms with van der Waals surface area (Å²) in [6, 6.07) is 13.7. The van der Waals surface area contributed by atoms with Gasteiger partial charge in [0, 0.05) is 0 Å².